The number of allylic oxidation sites excluding steroid dienone is 5. The van der Waals surface area contributed by atoms with Crippen molar-refractivity contribution in [2.75, 3.05) is 0 Å². The molecule has 0 unspecified atom stereocenters. The lowest BCUT2D eigenvalue weighted by Crippen LogP contribution is -1.95. The quantitative estimate of drug-likeness (QED) is 0.292. The van der Waals surface area contributed by atoms with E-state index < -0.39 is 0 Å². The number of carbonyl (C=O) groups is 1. The van der Waals surface area contributed by atoms with Crippen LogP contribution in [0.1, 0.15) is 55.1 Å². The zero-order chi connectivity index (χ0) is 18.8. The molecule has 0 N–H and O–H groups in total. The van der Waals surface area contributed by atoms with E-state index in [4.69, 9.17) is 0 Å². The van der Waals surface area contributed by atoms with Gasteiger partial charge in [0.1, 0.15) is 0 Å². The Morgan fingerprint density at radius 1 is 0.923 bits per heavy atom. The van der Waals surface area contributed by atoms with E-state index >= 15 is 0 Å². The molecule has 26 heavy (non-hydrogen) atoms. The maximum Gasteiger partial charge on any atom is 0.185 e. The normalized spacial score (nSPS) is 11.6. The fourth-order valence-electron chi connectivity index (χ4n) is 2.67. The van der Waals surface area contributed by atoms with Gasteiger partial charge in [0.25, 0.3) is 0 Å². The minimum Gasteiger partial charge on any atom is -0.289 e. The first-order chi connectivity index (χ1) is 12.5. The average Bonchev–Trinajstić information content (AvgIpc) is 2.65. The summed E-state index contributed by atoms with van der Waals surface area (Å²) in [5, 5.41) is 0. The first kappa shape index (κ1) is 19.7. The van der Waals surface area contributed by atoms with E-state index in [-0.39, 0.29) is 5.78 Å². The molecule has 2 aromatic rings. The fourth-order valence-corrected chi connectivity index (χ4v) is 2.67. The Labute approximate surface area is 157 Å². The Bertz CT molecular complexity index is 803. The molecule has 0 saturated carbocycles. The van der Waals surface area contributed by atoms with E-state index in [9.17, 15) is 4.79 Å². The molecular weight excluding hydrogens is 316 g/mol. The summed E-state index contributed by atoms with van der Waals surface area (Å²) >= 11 is 0. The van der Waals surface area contributed by atoms with Crippen molar-refractivity contribution in [3.8, 4) is 0 Å². The Kier molecular flexibility index (Phi) is 7.82. The molecule has 0 radical (unpaired) electrons. The maximum atomic E-state index is 12.4. The van der Waals surface area contributed by atoms with Crippen LogP contribution in [-0.2, 0) is 6.42 Å². The second-order valence-electron chi connectivity index (χ2n) is 6.88. The number of ketones is 1. The number of carbonyl (C=O) groups excluding carboxylic acids is 1. The van der Waals surface area contributed by atoms with Gasteiger partial charge in [-0.1, -0.05) is 77.9 Å². The first-order valence-corrected chi connectivity index (χ1v) is 9.20. The molecule has 0 aliphatic heterocycles. The van der Waals surface area contributed by atoms with E-state index in [0.29, 0.717) is 0 Å². The van der Waals surface area contributed by atoms with Crippen molar-refractivity contribution >= 4 is 11.9 Å². The summed E-state index contributed by atoms with van der Waals surface area (Å²) in [6.45, 7) is 6.44. The van der Waals surface area contributed by atoms with Gasteiger partial charge in [-0.15, -0.1) is 0 Å². The summed E-state index contributed by atoms with van der Waals surface area (Å²) in [6, 6.07) is 17.8. The molecule has 134 valence electrons. The van der Waals surface area contributed by atoms with Crippen molar-refractivity contribution < 1.29 is 4.79 Å². The Hall–Kier alpha value is -2.67. The van der Waals surface area contributed by atoms with Gasteiger partial charge in [0, 0.05) is 5.56 Å². The van der Waals surface area contributed by atoms with Crippen molar-refractivity contribution in [3.63, 3.8) is 0 Å². The molecule has 0 aliphatic carbocycles. The van der Waals surface area contributed by atoms with Crippen LogP contribution in [0.3, 0.4) is 0 Å². The minimum absolute atomic E-state index is 0.0416. The fraction of sp³-hybridized carbons (Fsp3) is 0.240. The maximum absolute atomic E-state index is 12.4. The lowest BCUT2D eigenvalue weighted by molar-refractivity contribution is 0.104. The second kappa shape index (κ2) is 10.4. The molecule has 0 fully saturated rings. The largest absolute Gasteiger partial charge is 0.289 e. The summed E-state index contributed by atoms with van der Waals surface area (Å²) in [4.78, 5) is 12.4. The molecule has 0 atom stereocenters. The van der Waals surface area contributed by atoms with Crippen LogP contribution in [0, 0.1) is 0 Å². The van der Waals surface area contributed by atoms with Crippen LogP contribution in [0.25, 0.3) is 6.08 Å². The van der Waals surface area contributed by atoms with Crippen molar-refractivity contribution in [1.82, 2.24) is 0 Å². The third-order valence-electron chi connectivity index (χ3n) is 4.22. The van der Waals surface area contributed by atoms with Gasteiger partial charge < -0.3 is 0 Å². The van der Waals surface area contributed by atoms with E-state index in [2.05, 4.69) is 39.0 Å². The molecule has 0 bridgehead atoms. The minimum atomic E-state index is 0.0416. The van der Waals surface area contributed by atoms with Crippen LogP contribution in [0.15, 0.2) is 84.0 Å². The van der Waals surface area contributed by atoms with Crippen LogP contribution in [0.4, 0.5) is 0 Å². The summed E-state index contributed by atoms with van der Waals surface area (Å²) in [6.07, 6.45) is 11.1. The van der Waals surface area contributed by atoms with Gasteiger partial charge in [-0.3, -0.25) is 4.79 Å². The van der Waals surface area contributed by atoms with Gasteiger partial charge in [0.2, 0.25) is 0 Å². The zero-order valence-corrected chi connectivity index (χ0v) is 16.0. The van der Waals surface area contributed by atoms with Crippen LogP contribution in [-0.4, -0.2) is 5.78 Å². The van der Waals surface area contributed by atoms with E-state index in [1.165, 1.54) is 16.7 Å². The summed E-state index contributed by atoms with van der Waals surface area (Å²) in [7, 11) is 0. The Morgan fingerprint density at radius 3 is 2.42 bits per heavy atom. The molecule has 0 heterocycles. The number of rotatable bonds is 8. The molecule has 2 aromatic carbocycles. The number of benzene rings is 2. The highest BCUT2D eigenvalue weighted by atomic mass is 16.1. The zero-order valence-electron chi connectivity index (χ0n) is 16.0. The molecule has 1 heteroatoms. The predicted molar refractivity (Wildman–Crippen MR) is 112 cm³/mol. The lowest BCUT2D eigenvalue weighted by Gasteiger charge is -2.03. The molecule has 0 aromatic heterocycles. The van der Waals surface area contributed by atoms with E-state index in [0.717, 1.165) is 30.4 Å². The summed E-state index contributed by atoms with van der Waals surface area (Å²) in [5.41, 5.74) is 5.71. The summed E-state index contributed by atoms with van der Waals surface area (Å²) in [5.74, 6) is 0.0416. The Balaban J connectivity index is 1.97. The standard InChI is InChI=1S/C25H28O/c1-20(2)9-7-10-21(3)15-16-23-13-8-14-24(19-23)25(26)18-17-22-11-5-4-6-12-22/h4-6,8-9,11-15,17-19H,7,10,16H2,1-3H3/b18-17?,21-15+. The second-order valence-corrected chi connectivity index (χ2v) is 6.88. The smallest absolute Gasteiger partial charge is 0.185 e. The first-order valence-electron chi connectivity index (χ1n) is 9.20. The average molecular weight is 344 g/mol. The van der Waals surface area contributed by atoms with Gasteiger partial charge in [-0.25, -0.2) is 0 Å². The van der Waals surface area contributed by atoms with Crippen molar-refractivity contribution in [3.05, 3.63) is 101 Å². The van der Waals surface area contributed by atoms with Crippen LogP contribution < -0.4 is 0 Å². The molecule has 0 amide bonds. The molecule has 2 rings (SSSR count). The molecule has 0 spiro atoms. The monoisotopic (exact) mass is 344 g/mol. The highest BCUT2D eigenvalue weighted by molar-refractivity contribution is 6.06. The SMILES string of the molecule is CC(C)=CCC/C(C)=C/Cc1cccc(C(=O)C=Cc2ccccc2)c1. The van der Waals surface area contributed by atoms with Crippen LogP contribution in [0.2, 0.25) is 0 Å². The van der Waals surface area contributed by atoms with Crippen molar-refractivity contribution in [2.24, 2.45) is 0 Å². The summed E-state index contributed by atoms with van der Waals surface area (Å²) < 4.78 is 0. The van der Waals surface area contributed by atoms with E-state index in [1.807, 2.05) is 54.6 Å². The molecular formula is C25H28O. The van der Waals surface area contributed by atoms with Crippen LogP contribution >= 0.6 is 0 Å². The third-order valence-corrected chi connectivity index (χ3v) is 4.22. The molecule has 0 saturated heterocycles. The van der Waals surface area contributed by atoms with Crippen molar-refractivity contribution in [2.45, 2.75) is 40.0 Å². The highest BCUT2D eigenvalue weighted by Crippen LogP contribution is 2.12. The number of hydrogen-bond acceptors (Lipinski definition) is 1. The van der Waals surface area contributed by atoms with Crippen molar-refractivity contribution in [1.29, 1.82) is 0 Å². The van der Waals surface area contributed by atoms with Gasteiger partial charge in [-0.05, 0) is 63.3 Å². The van der Waals surface area contributed by atoms with Gasteiger partial charge in [0.05, 0.1) is 0 Å². The highest BCUT2D eigenvalue weighted by Gasteiger charge is 2.02. The lowest BCUT2D eigenvalue weighted by atomic mass is 10.0. The van der Waals surface area contributed by atoms with E-state index in [1.54, 1.807) is 6.08 Å². The predicted octanol–water partition coefficient (Wildman–Crippen LogP) is 6.82. The van der Waals surface area contributed by atoms with Crippen LogP contribution in [0.5, 0.6) is 0 Å². The van der Waals surface area contributed by atoms with Gasteiger partial charge in [0.15, 0.2) is 5.78 Å². The number of hydrogen-bond donors (Lipinski definition) is 0. The Morgan fingerprint density at radius 2 is 1.69 bits per heavy atom. The van der Waals surface area contributed by atoms with Gasteiger partial charge in [-0.2, -0.15) is 0 Å². The topological polar surface area (TPSA) is 17.1 Å². The van der Waals surface area contributed by atoms with Gasteiger partial charge >= 0.3 is 0 Å². The molecule has 1 nitrogen and oxygen atoms in total. The third kappa shape index (κ3) is 7.06. The molecule has 0 aliphatic rings.